The highest BCUT2D eigenvalue weighted by Crippen LogP contribution is 2.33. The highest BCUT2D eigenvalue weighted by atomic mass is 32.2. The lowest BCUT2D eigenvalue weighted by Gasteiger charge is -2.25. The molecule has 0 bridgehead atoms. The van der Waals surface area contributed by atoms with Gasteiger partial charge in [-0.2, -0.15) is 16.1 Å². The summed E-state index contributed by atoms with van der Waals surface area (Å²) in [7, 11) is -3.59. The number of nitrogens with zero attached hydrogens (tertiary/aromatic N) is 2. The number of aromatic amines is 1. The fraction of sp³-hybridized carbons (Fsp3) is 0.261. The second-order valence-electron chi connectivity index (χ2n) is 7.74. The number of amides is 1. The second kappa shape index (κ2) is 8.18. The minimum atomic E-state index is -3.59. The Bertz CT molecular complexity index is 1180. The summed E-state index contributed by atoms with van der Waals surface area (Å²) in [4.78, 5) is 18.2. The third-order valence-corrected chi connectivity index (χ3v) is 8.65. The summed E-state index contributed by atoms with van der Waals surface area (Å²) in [6.07, 6.45) is 1.43. The maximum Gasteiger partial charge on any atom is 0.270 e. The summed E-state index contributed by atoms with van der Waals surface area (Å²) in [6.45, 7) is 1.94. The van der Waals surface area contributed by atoms with Crippen LogP contribution in [-0.4, -0.2) is 53.1 Å². The molecule has 0 spiro atoms. The van der Waals surface area contributed by atoms with Gasteiger partial charge in [-0.15, -0.1) is 0 Å². The minimum absolute atomic E-state index is 0.151. The maximum atomic E-state index is 13.4. The molecule has 8 heteroatoms. The van der Waals surface area contributed by atoms with Gasteiger partial charge >= 0.3 is 0 Å². The van der Waals surface area contributed by atoms with Crippen molar-refractivity contribution in [2.24, 2.45) is 0 Å². The zero-order valence-corrected chi connectivity index (χ0v) is 18.6. The summed E-state index contributed by atoms with van der Waals surface area (Å²) in [6, 6.07) is 17.7. The number of rotatable bonds is 3. The van der Waals surface area contributed by atoms with Crippen LogP contribution in [0.15, 0.2) is 65.7 Å². The van der Waals surface area contributed by atoms with E-state index in [1.165, 1.54) is 16.6 Å². The normalized spacial score (nSPS) is 17.0. The molecule has 1 fully saturated rings. The Kier molecular flexibility index (Phi) is 5.37. The van der Waals surface area contributed by atoms with E-state index in [4.69, 9.17) is 0 Å². The van der Waals surface area contributed by atoms with Crippen molar-refractivity contribution in [3.63, 3.8) is 0 Å². The summed E-state index contributed by atoms with van der Waals surface area (Å²) in [5.41, 5.74) is 4.70. The highest BCUT2D eigenvalue weighted by molar-refractivity contribution is 7.99. The van der Waals surface area contributed by atoms with Crippen molar-refractivity contribution in [1.82, 2.24) is 14.2 Å². The molecule has 0 atom stereocenters. The Hall–Kier alpha value is -2.55. The molecule has 0 unspecified atom stereocenters. The van der Waals surface area contributed by atoms with Gasteiger partial charge in [-0.1, -0.05) is 48.5 Å². The van der Waals surface area contributed by atoms with Crippen LogP contribution in [0, 0.1) is 0 Å². The number of benzene rings is 2. The van der Waals surface area contributed by atoms with E-state index in [-0.39, 0.29) is 10.8 Å². The summed E-state index contributed by atoms with van der Waals surface area (Å²) in [5.74, 6) is 1.38. The average Bonchev–Trinajstić information content (AvgIpc) is 3.24. The van der Waals surface area contributed by atoms with Crippen molar-refractivity contribution in [3.05, 3.63) is 77.6 Å². The van der Waals surface area contributed by atoms with Gasteiger partial charge in [0.15, 0.2) is 0 Å². The summed E-state index contributed by atoms with van der Waals surface area (Å²) in [5, 5.41) is 0. The Morgan fingerprint density at radius 1 is 0.903 bits per heavy atom. The van der Waals surface area contributed by atoms with E-state index in [1.807, 2.05) is 36.4 Å². The average molecular weight is 454 g/mol. The van der Waals surface area contributed by atoms with Crippen LogP contribution in [0.5, 0.6) is 0 Å². The number of hydrogen-bond donors (Lipinski definition) is 1. The van der Waals surface area contributed by atoms with Gasteiger partial charge in [-0.25, -0.2) is 8.42 Å². The van der Waals surface area contributed by atoms with Gasteiger partial charge in [0.05, 0.1) is 0 Å². The van der Waals surface area contributed by atoms with Crippen molar-refractivity contribution in [2.45, 2.75) is 18.0 Å². The smallest absolute Gasteiger partial charge is 0.270 e. The number of fused-ring (bicyclic) bond motifs is 3. The van der Waals surface area contributed by atoms with E-state index in [1.54, 1.807) is 16.7 Å². The van der Waals surface area contributed by atoms with Gasteiger partial charge in [0.25, 0.3) is 5.91 Å². The Balaban J connectivity index is 1.45. The van der Waals surface area contributed by atoms with Gasteiger partial charge in [0, 0.05) is 43.9 Å². The molecule has 1 amide bonds. The van der Waals surface area contributed by atoms with Crippen molar-refractivity contribution in [3.8, 4) is 11.1 Å². The molecular weight excluding hydrogens is 430 g/mol. The van der Waals surface area contributed by atoms with E-state index < -0.39 is 10.0 Å². The van der Waals surface area contributed by atoms with Crippen LogP contribution in [0.2, 0.25) is 0 Å². The molecule has 2 aliphatic rings. The lowest BCUT2D eigenvalue weighted by Crippen LogP contribution is -2.37. The molecule has 1 saturated heterocycles. The lowest BCUT2D eigenvalue weighted by atomic mass is 9.97. The number of sulfonamides is 1. The number of carbonyl (C=O) groups is 1. The molecule has 3 heterocycles. The number of H-pyrrole nitrogens is 1. The molecule has 3 aromatic rings. The lowest BCUT2D eigenvalue weighted by molar-refractivity contribution is 0.0727. The fourth-order valence-electron chi connectivity index (χ4n) is 4.21. The molecule has 0 radical (unpaired) electrons. The third kappa shape index (κ3) is 3.79. The Morgan fingerprint density at radius 3 is 2.10 bits per heavy atom. The molecule has 0 saturated carbocycles. The van der Waals surface area contributed by atoms with Crippen molar-refractivity contribution >= 4 is 27.7 Å². The zero-order chi connectivity index (χ0) is 21.4. The van der Waals surface area contributed by atoms with Gasteiger partial charge in [-0.05, 0) is 28.3 Å². The first-order chi connectivity index (χ1) is 15.0. The molecular formula is C23H23N3O3S2. The van der Waals surface area contributed by atoms with Crippen molar-refractivity contribution in [1.29, 1.82) is 0 Å². The summed E-state index contributed by atoms with van der Waals surface area (Å²) >= 11 is 1.75. The van der Waals surface area contributed by atoms with Gasteiger partial charge in [0.1, 0.15) is 10.6 Å². The topological polar surface area (TPSA) is 73.5 Å². The number of hydrogen-bond acceptors (Lipinski definition) is 4. The largest absolute Gasteiger partial charge is 0.356 e. The molecule has 1 N–H and O–H groups in total. The second-order valence-corrected chi connectivity index (χ2v) is 10.9. The van der Waals surface area contributed by atoms with Crippen LogP contribution in [0.1, 0.15) is 21.6 Å². The van der Waals surface area contributed by atoms with E-state index in [0.717, 1.165) is 33.8 Å². The number of aromatic nitrogens is 1. The third-order valence-electron chi connectivity index (χ3n) is 5.83. The first-order valence-electron chi connectivity index (χ1n) is 10.3. The first-order valence-corrected chi connectivity index (χ1v) is 12.9. The molecule has 31 heavy (non-hydrogen) atoms. The number of carbonyl (C=O) groups excluding carboxylic acids is 1. The van der Waals surface area contributed by atoms with E-state index in [0.29, 0.717) is 31.9 Å². The van der Waals surface area contributed by atoms with Crippen molar-refractivity contribution < 1.29 is 13.2 Å². The molecule has 2 aromatic carbocycles. The zero-order valence-electron chi connectivity index (χ0n) is 17.0. The van der Waals surface area contributed by atoms with Gasteiger partial charge < -0.3 is 9.88 Å². The van der Waals surface area contributed by atoms with Crippen LogP contribution >= 0.6 is 11.8 Å². The van der Waals surface area contributed by atoms with Crippen molar-refractivity contribution in [2.75, 3.05) is 24.6 Å². The Morgan fingerprint density at radius 2 is 1.48 bits per heavy atom. The van der Waals surface area contributed by atoms with Crippen LogP contribution in [0.3, 0.4) is 0 Å². The standard InChI is InChI=1S/C23H23N3O3S2/c27-23(22-13-19(14-24-22)31(28,29)26-9-11-30-12-10-26)25-15-17-5-1-3-7-20(17)21-8-4-2-6-18(21)16-25/h1-8,13-14,24H,9-12,15-16H2. The van der Waals surface area contributed by atoms with Crippen LogP contribution < -0.4 is 0 Å². The van der Waals surface area contributed by atoms with Gasteiger partial charge in [0.2, 0.25) is 10.0 Å². The number of nitrogens with one attached hydrogen (secondary N) is 1. The quantitative estimate of drug-likeness (QED) is 0.658. The SMILES string of the molecule is O=C(c1cc(S(=O)(=O)N2CCSCC2)c[nH]1)N1Cc2ccccc2-c2ccccc2C1. The Labute approximate surface area is 186 Å². The van der Waals surface area contributed by atoms with Crippen LogP contribution in [0.25, 0.3) is 11.1 Å². The fourth-order valence-corrected chi connectivity index (χ4v) is 6.78. The summed E-state index contributed by atoms with van der Waals surface area (Å²) < 4.78 is 27.4. The van der Waals surface area contributed by atoms with Gasteiger partial charge in [-0.3, -0.25) is 4.79 Å². The number of thioether (sulfide) groups is 1. The predicted molar refractivity (Wildman–Crippen MR) is 122 cm³/mol. The molecule has 2 aliphatic heterocycles. The highest BCUT2D eigenvalue weighted by Gasteiger charge is 2.29. The molecule has 0 aliphatic carbocycles. The van der Waals surface area contributed by atoms with E-state index in [9.17, 15) is 13.2 Å². The van der Waals surface area contributed by atoms with E-state index >= 15 is 0 Å². The van der Waals surface area contributed by atoms with Crippen LogP contribution in [0.4, 0.5) is 0 Å². The monoisotopic (exact) mass is 453 g/mol. The molecule has 6 nitrogen and oxygen atoms in total. The maximum absolute atomic E-state index is 13.4. The molecule has 1 aromatic heterocycles. The molecule has 160 valence electrons. The first kappa shape index (κ1) is 20.4. The molecule has 5 rings (SSSR count). The minimum Gasteiger partial charge on any atom is -0.356 e. The van der Waals surface area contributed by atoms with Crippen LogP contribution in [-0.2, 0) is 23.1 Å². The van der Waals surface area contributed by atoms with E-state index in [2.05, 4.69) is 17.1 Å². The predicted octanol–water partition coefficient (Wildman–Crippen LogP) is 3.58.